The number of alkyl halides is 3. The van der Waals surface area contributed by atoms with Gasteiger partial charge in [0.25, 0.3) is 14.7 Å². The predicted molar refractivity (Wildman–Crippen MR) is 56.5 cm³/mol. The molecule has 0 saturated carbocycles. The highest BCUT2D eigenvalue weighted by Crippen LogP contribution is 2.41. The van der Waals surface area contributed by atoms with Gasteiger partial charge in [-0.05, 0) is 6.07 Å². The summed E-state index contributed by atoms with van der Waals surface area (Å²) in [5.41, 5.74) is -4.19. The summed E-state index contributed by atoms with van der Waals surface area (Å²) in [6, 6.07) is 0.645. The summed E-state index contributed by atoms with van der Waals surface area (Å²) in [7, 11) is -0.107. The fraction of sp³-hybridized carbons (Fsp3) is 0.125. The number of hydrogen-bond acceptors (Lipinski definition) is 5. The molecule has 0 aliphatic heterocycles. The number of nitro benzene ring substituents is 1. The summed E-state index contributed by atoms with van der Waals surface area (Å²) >= 11 is 0. The molecule has 0 N–H and O–H groups in total. The van der Waals surface area contributed by atoms with E-state index in [1.54, 1.807) is 0 Å². The molecule has 0 heterocycles. The maximum Gasteiger partial charge on any atom is 0.424 e. The first kappa shape index (κ1) is 15.4. The fourth-order valence-electron chi connectivity index (χ4n) is 1.31. The van der Waals surface area contributed by atoms with Crippen LogP contribution < -0.4 is 0 Å². The lowest BCUT2D eigenvalue weighted by Gasteiger charge is -2.11. The molecule has 0 spiro atoms. The first-order valence-corrected chi connectivity index (χ1v) is 6.59. The van der Waals surface area contributed by atoms with E-state index in [0.717, 1.165) is 0 Å². The Kier molecular flexibility index (Phi) is 3.87. The predicted octanol–water partition coefficient (Wildman–Crippen LogP) is 2.35. The molecule has 19 heavy (non-hydrogen) atoms. The number of carbonyl (C=O) groups excluding carboxylic acids is 1. The van der Waals surface area contributed by atoms with Crippen molar-refractivity contribution in [3.63, 3.8) is 0 Å². The Balaban J connectivity index is 3.94. The smallest absolute Gasteiger partial charge is 0.298 e. The van der Waals surface area contributed by atoms with Gasteiger partial charge in [0, 0.05) is 22.3 Å². The van der Waals surface area contributed by atoms with Crippen molar-refractivity contribution in [2.75, 3.05) is 0 Å². The van der Waals surface area contributed by atoms with Gasteiger partial charge in [-0.2, -0.15) is 13.2 Å². The zero-order valence-electron chi connectivity index (χ0n) is 8.64. The number of carbonyl (C=O) groups is 1. The molecule has 104 valence electrons. The number of aldehydes is 1. The summed E-state index contributed by atoms with van der Waals surface area (Å²) in [4.78, 5) is 18.1. The lowest BCUT2D eigenvalue weighted by Crippen LogP contribution is -2.14. The van der Waals surface area contributed by atoms with Crippen molar-refractivity contribution in [2.45, 2.75) is 11.1 Å². The van der Waals surface area contributed by atoms with Crippen LogP contribution in [0.25, 0.3) is 0 Å². The van der Waals surface area contributed by atoms with Crippen molar-refractivity contribution in [3.8, 4) is 0 Å². The highest BCUT2D eigenvalue weighted by Gasteiger charge is 2.44. The molecule has 11 heteroatoms. The van der Waals surface area contributed by atoms with E-state index in [1.807, 2.05) is 0 Å². The van der Waals surface area contributed by atoms with Crippen molar-refractivity contribution in [1.82, 2.24) is 0 Å². The Morgan fingerprint density at radius 2 is 1.84 bits per heavy atom. The molecule has 0 aliphatic rings. The van der Waals surface area contributed by atoms with E-state index in [4.69, 9.17) is 10.7 Å². The Hall–Kier alpha value is -1.68. The minimum atomic E-state index is -5.32. The number of nitro groups is 1. The highest BCUT2D eigenvalue weighted by molar-refractivity contribution is 8.13. The van der Waals surface area contributed by atoms with Crippen LogP contribution in [0.2, 0.25) is 0 Å². The van der Waals surface area contributed by atoms with Crippen LogP contribution in [0.15, 0.2) is 17.0 Å². The highest BCUT2D eigenvalue weighted by atomic mass is 35.7. The molecule has 6 nitrogen and oxygen atoms in total. The molecule has 0 atom stereocenters. The van der Waals surface area contributed by atoms with Gasteiger partial charge in [-0.15, -0.1) is 0 Å². The topological polar surface area (TPSA) is 94.3 Å². The molecule has 1 aromatic carbocycles. The first-order chi connectivity index (χ1) is 8.48. The van der Waals surface area contributed by atoms with Gasteiger partial charge in [0.15, 0.2) is 5.56 Å². The number of halogens is 4. The van der Waals surface area contributed by atoms with Gasteiger partial charge >= 0.3 is 6.18 Å². The second-order valence-corrected chi connectivity index (χ2v) is 5.76. The van der Waals surface area contributed by atoms with Crippen molar-refractivity contribution >= 4 is 31.7 Å². The van der Waals surface area contributed by atoms with E-state index in [1.165, 1.54) is 0 Å². The van der Waals surface area contributed by atoms with E-state index in [9.17, 15) is 36.5 Å². The summed E-state index contributed by atoms with van der Waals surface area (Å²) in [6.45, 7) is 0. The average molecular weight is 318 g/mol. The molecule has 0 aromatic heterocycles. The Morgan fingerprint density at radius 1 is 1.32 bits per heavy atom. The van der Waals surface area contributed by atoms with Gasteiger partial charge in [-0.1, -0.05) is 0 Å². The average Bonchev–Trinajstić information content (AvgIpc) is 2.24. The SMILES string of the molecule is O=Cc1cc([N+](=O)[O-])c(C(F)(F)F)c(S(=O)(=O)Cl)c1. The molecule has 1 rings (SSSR count). The molecule has 0 radical (unpaired) electrons. The molecule has 0 aliphatic carbocycles. The minimum Gasteiger partial charge on any atom is -0.298 e. The largest absolute Gasteiger partial charge is 0.424 e. The van der Waals surface area contributed by atoms with Crippen LogP contribution in [-0.2, 0) is 15.2 Å². The van der Waals surface area contributed by atoms with Crippen LogP contribution in [0, 0.1) is 10.1 Å². The van der Waals surface area contributed by atoms with Gasteiger partial charge in [0.05, 0.1) is 4.92 Å². The van der Waals surface area contributed by atoms with Gasteiger partial charge in [0.1, 0.15) is 11.2 Å². The standard InChI is InChI=1S/C8H3ClF3NO5S/c9-19(17,18)6-2-4(3-14)1-5(13(15)16)7(6)8(10,11)12/h1-3H. The first-order valence-electron chi connectivity index (χ1n) is 4.28. The van der Waals surface area contributed by atoms with Gasteiger partial charge in [-0.3, -0.25) is 14.9 Å². The Labute approximate surface area is 108 Å². The lowest BCUT2D eigenvalue weighted by atomic mass is 10.1. The van der Waals surface area contributed by atoms with E-state index in [0.29, 0.717) is 12.1 Å². The second kappa shape index (κ2) is 4.78. The van der Waals surface area contributed by atoms with Crippen molar-refractivity contribution in [3.05, 3.63) is 33.4 Å². The van der Waals surface area contributed by atoms with E-state index < -0.39 is 41.9 Å². The maximum atomic E-state index is 12.7. The Morgan fingerprint density at radius 3 is 2.16 bits per heavy atom. The van der Waals surface area contributed by atoms with Crippen LogP contribution in [-0.4, -0.2) is 19.6 Å². The third-order valence-electron chi connectivity index (χ3n) is 1.98. The summed E-state index contributed by atoms with van der Waals surface area (Å²) in [5.74, 6) is 0. The lowest BCUT2D eigenvalue weighted by molar-refractivity contribution is -0.388. The molecular weight excluding hydrogens is 315 g/mol. The van der Waals surface area contributed by atoms with E-state index >= 15 is 0 Å². The van der Waals surface area contributed by atoms with Crippen molar-refractivity contribution < 1.29 is 31.3 Å². The summed E-state index contributed by atoms with van der Waals surface area (Å²) in [5, 5.41) is 10.6. The molecule has 0 amide bonds. The number of nitrogens with zero attached hydrogens (tertiary/aromatic N) is 1. The second-order valence-electron chi connectivity index (χ2n) is 3.22. The van der Waals surface area contributed by atoms with E-state index in [2.05, 4.69) is 0 Å². The molecule has 1 aromatic rings. The quantitative estimate of drug-likeness (QED) is 0.369. The van der Waals surface area contributed by atoms with Crippen LogP contribution >= 0.6 is 10.7 Å². The molecule has 0 fully saturated rings. The molecule has 0 saturated heterocycles. The van der Waals surface area contributed by atoms with Gasteiger partial charge in [-0.25, -0.2) is 8.42 Å². The van der Waals surface area contributed by atoms with Crippen LogP contribution in [0.4, 0.5) is 18.9 Å². The van der Waals surface area contributed by atoms with Crippen LogP contribution in [0.5, 0.6) is 0 Å². The van der Waals surface area contributed by atoms with Crippen molar-refractivity contribution in [1.29, 1.82) is 0 Å². The van der Waals surface area contributed by atoms with Crippen molar-refractivity contribution in [2.24, 2.45) is 0 Å². The number of rotatable bonds is 3. The summed E-state index contributed by atoms with van der Waals surface area (Å²) < 4.78 is 60.3. The summed E-state index contributed by atoms with van der Waals surface area (Å²) in [6.07, 6.45) is -5.35. The third-order valence-corrected chi connectivity index (χ3v) is 3.33. The Bertz CT molecular complexity index is 655. The van der Waals surface area contributed by atoms with Gasteiger partial charge in [0.2, 0.25) is 0 Å². The molecule has 0 unspecified atom stereocenters. The fourth-order valence-corrected chi connectivity index (χ4v) is 2.42. The minimum absolute atomic E-state index is 0.0290. The van der Waals surface area contributed by atoms with E-state index in [-0.39, 0.29) is 6.29 Å². The maximum absolute atomic E-state index is 12.7. The zero-order chi connectivity index (χ0) is 15.0. The van der Waals surface area contributed by atoms with Crippen LogP contribution in [0.1, 0.15) is 15.9 Å². The number of hydrogen-bond donors (Lipinski definition) is 0. The monoisotopic (exact) mass is 317 g/mol. The van der Waals surface area contributed by atoms with Gasteiger partial charge < -0.3 is 0 Å². The normalized spacial score (nSPS) is 12.2. The zero-order valence-corrected chi connectivity index (χ0v) is 10.2. The van der Waals surface area contributed by atoms with Crippen LogP contribution in [0.3, 0.4) is 0 Å². The molecule has 0 bridgehead atoms. The third kappa shape index (κ3) is 3.20. The molecular formula is C8H3ClF3NO5S. The number of benzene rings is 1.